The topological polar surface area (TPSA) is 40.5 Å². The summed E-state index contributed by atoms with van der Waals surface area (Å²) in [7, 11) is 2.12. The smallest absolute Gasteiger partial charge is 0.307 e. The lowest BCUT2D eigenvalue weighted by Gasteiger charge is -2.20. The normalized spacial score (nSPS) is 12.7. The zero-order valence-electron chi connectivity index (χ0n) is 11.5. The number of hydrogen-bond donors (Lipinski definition) is 1. The van der Waals surface area contributed by atoms with Gasteiger partial charge in [-0.3, -0.25) is 4.79 Å². The third-order valence-electron chi connectivity index (χ3n) is 3.15. The highest BCUT2D eigenvalue weighted by Gasteiger charge is 2.06. The van der Waals surface area contributed by atoms with Crippen LogP contribution < -0.4 is 0 Å². The Morgan fingerprint density at radius 1 is 1.28 bits per heavy atom. The molecular weight excluding hydrogens is 226 g/mol. The molecule has 0 aliphatic heterocycles. The van der Waals surface area contributed by atoms with Crippen LogP contribution >= 0.6 is 0 Å². The van der Waals surface area contributed by atoms with E-state index in [1.54, 1.807) is 0 Å². The summed E-state index contributed by atoms with van der Waals surface area (Å²) in [5, 5.41) is 8.70. The number of hydrogen-bond acceptors (Lipinski definition) is 2. The molecule has 0 saturated heterocycles. The van der Waals surface area contributed by atoms with Crippen molar-refractivity contribution in [3.8, 4) is 0 Å². The first-order valence-corrected chi connectivity index (χ1v) is 6.49. The van der Waals surface area contributed by atoms with Gasteiger partial charge in [-0.2, -0.15) is 0 Å². The predicted molar refractivity (Wildman–Crippen MR) is 73.6 cm³/mol. The van der Waals surface area contributed by atoms with Crippen LogP contribution in [0.1, 0.15) is 31.4 Å². The van der Waals surface area contributed by atoms with E-state index in [0.717, 1.165) is 18.7 Å². The Balaban J connectivity index is 2.50. The van der Waals surface area contributed by atoms with E-state index in [4.69, 9.17) is 5.11 Å². The van der Waals surface area contributed by atoms with Crippen LogP contribution in [0.3, 0.4) is 0 Å². The Morgan fingerprint density at radius 3 is 2.33 bits per heavy atom. The van der Waals surface area contributed by atoms with Gasteiger partial charge >= 0.3 is 5.97 Å². The minimum atomic E-state index is -0.781. The van der Waals surface area contributed by atoms with Crippen LogP contribution in [0.25, 0.3) is 0 Å². The molecule has 0 radical (unpaired) electrons. The summed E-state index contributed by atoms with van der Waals surface area (Å²) in [6.45, 7) is 6.47. The molecule has 100 valence electrons. The largest absolute Gasteiger partial charge is 0.481 e. The highest BCUT2D eigenvalue weighted by Crippen LogP contribution is 2.10. The fraction of sp³-hybridized carbons (Fsp3) is 0.533. The molecule has 3 nitrogen and oxygen atoms in total. The number of benzene rings is 1. The van der Waals surface area contributed by atoms with Crippen molar-refractivity contribution in [1.82, 2.24) is 4.90 Å². The van der Waals surface area contributed by atoms with Crippen LogP contribution in [0.2, 0.25) is 0 Å². The van der Waals surface area contributed by atoms with Crippen LogP contribution in [-0.4, -0.2) is 29.6 Å². The molecule has 0 spiro atoms. The summed E-state index contributed by atoms with van der Waals surface area (Å²) >= 11 is 0. The SMILES string of the molecule is CCC(C)CN(C)Cc1ccc(CC(=O)O)cc1. The minimum Gasteiger partial charge on any atom is -0.481 e. The second-order valence-corrected chi connectivity index (χ2v) is 5.10. The lowest BCUT2D eigenvalue weighted by Crippen LogP contribution is -2.23. The van der Waals surface area contributed by atoms with E-state index in [9.17, 15) is 4.79 Å². The second kappa shape index (κ2) is 7.17. The van der Waals surface area contributed by atoms with Gasteiger partial charge in [-0.15, -0.1) is 0 Å². The Hall–Kier alpha value is -1.35. The van der Waals surface area contributed by atoms with Crippen molar-refractivity contribution in [2.45, 2.75) is 33.2 Å². The molecule has 1 aromatic carbocycles. The van der Waals surface area contributed by atoms with Crippen LogP contribution in [0.4, 0.5) is 0 Å². The Labute approximate surface area is 109 Å². The molecule has 1 unspecified atom stereocenters. The minimum absolute atomic E-state index is 0.100. The van der Waals surface area contributed by atoms with Crippen LogP contribution in [0, 0.1) is 5.92 Å². The van der Waals surface area contributed by atoms with Gasteiger partial charge in [0.05, 0.1) is 6.42 Å². The third kappa shape index (κ3) is 5.32. The van der Waals surface area contributed by atoms with E-state index < -0.39 is 5.97 Å². The molecule has 0 aromatic heterocycles. The first-order valence-electron chi connectivity index (χ1n) is 6.49. The van der Waals surface area contributed by atoms with E-state index in [0.29, 0.717) is 5.92 Å². The van der Waals surface area contributed by atoms with E-state index in [-0.39, 0.29) is 6.42 Å². The molecule has 1 atom stereocenters. The Bertz CT molecular complexity index is 373. The maximum absolute atomic E-state index is 10.6. The van der Waals surface area contributed by atoms with Crippen molar-refractivity contribution >= 4 is 5.97 Å². The Morgan fingerprint density at radius 2 is 1.83 bits per heavy atom. The van der Waals surface area contributed by atoms with E-state index >= 15 is 0 Å². The van der Waals surface area contributed by atoms with Gasteiger partial charge in [-0.05, 0) is 24.1 Å². The zero-order chi connectivity index (χ0) is 13.5. The Kier molecular flexibility index (Phi) is 5.86. The van der Waals surface area contributed by atoms with E-state index in [1.807, 2.05) is 24.3 Å². The summed E-state index contributed by atoms with van der Waals surface area (Å²) in [6, 6.07) is 7.85. The van der Waals surface area contributed by atoms with Crippen molar-refractivity contribution < 1.29 is 9.90 Å². The number of carboxylic acids is 1. The van der Waals surface area contributed by atoms with Crippen LogP contribution in [0.5, 0.6) is 0 Å². The van der Waals surface area contributed by atoms with Gasteiger partial charge in [-0.1, -0.05) is 44.5 Å². The van der Waals surface area contributed by atoms with Gasteiger partial charge < -0.3 is 10.0 Å². The molecular formula is C15H23NO2. The first kappa shape index (κ1) is 14.7. The average Bonchev–Trinajstić information content (AvgIpc) is 2.30. The molecule has 0 fully saturated rings. The average molecular weight is 249 g/mol. The fourth-order valence-corrected chi connectivity index (χ4v) is 1.97. The number of nitrogens with zero attached hydrogens (tertiary/aromatic N) is 1. The molecule has 0 heterocycles. The molecule has 0 aliphatic carbocycles. The molecule has 0 saturated carbocycles. The lowest BCUT2D eigenvalue weighted by molar-refractivity contribution is -0.136. The number of aliphatic carboxylic acids is 1. The highest BCUT2D eigenvalue weighted by molar-refractivity contribution is 5.70. The van der Waals surface area contributed by atoms with Gasteiger partial charge in [0.25, 0.3) is 0 Å². The van der Waals surface area contributed by atoms with Crippen molar-refractivity contribution in [1.29, 1.82) is 0 Å². The maximum Gasteiger partial charge on any atom is 0.307 e. The van der Waals surface area contributed by atoms with Gasteiger partial charge in [0.2, 0.25) is 0 Å². The summed E-state index contributed by atoms with van der Waals surface area (Å²) in [5.41, 5.74) is 2.09. The molecule has 0 aliphatic rings. The predicted octanol–water partition coefficient (Wildman–Crippen LogP) is 2.79. The van der Waals surface area contributed by atoms with Gasteiger partial charge in [-0.25, -0.2) is 0 Å². The molecule has 18 heavy (non-hydrogen) atoms. The molecule has 3 heteroatoms. The van der Waals surface area contributed by atoms with Crippen molar-refractivity contribution in [3.05, 3.63) is 35.4 Å². The van der Waals surface area contributed by atoms with Crippen molar-refractivity contribution in [2.24, 2.45) is 5.92 Å². The van der Waals surface area contributed by atoms with Gasteiger partial charge in [0, 0.05) is 13.1 Å². The van der Waals surface area contributed by atoms with E-state index in [1.165, 1.54) is 12.0 Å². The summed E-state index contributed by atoms with van der Waals surface area (Å²) in [5.74, 6) is -0.0714. The van der Waals surface area contributed by atoms with Crippen LogP contribution in [-0.2, 0) is 17.8 Å². The van der Waals surface area contributed by atoms with Gasteiger partial charge in [0.1, 0.15) is 0 Å². The molecule has 1 N–H and O–H groups in total. The highest BCUT2D eigenvalue weighted by atomic mass is 16.4. The number of carboxylic acid groups (broad SMARTS) is 1. The molecule has 0 bridgehead atoms. The standard InChI is InChI=1S/C15H23NO2/c1-4-12(2)10-16(3)11-14-7-5-13(6-8-14)9-15(17)18/h5-8,12H,4,9-11H2,1-3H3,(H,17,18). The summed E-state index contributed by atoms with van der Waals surface area (Å²) in [4.78, 5) is 12.9. The number of carbonyl (C=O) groups is 1. The fourth-order valence-electron chi connectivity index (χ4n) is 1.97. The molecule has 1 aromatic rings. The molecule has 0 amide bonds. The number of rotatable bonds is 7. The summed E-state index contributed by atoms with van der Waals surface area (Å²) in [6.07, 6.45) is 1.30. The monoisotopic (exact) mass is 249 g/mol. The van der Waals surface area contributed by atoms with Crippen molar-refractivity contribution in [3.63, 3.8) is 0 Å². The maximum atomic E-state index is 10.6. The quantitative estimate of drug-likeness (QED) is 0.807. The molecule has 1 rings (SSSR count). The first-order chi connectivity index (χ1) is 8.51. The summed E-state index contributed by atoms with van der Waals surface area (Å²) < 4.78 is 0. The zero-order valence-corrected chi connectivity index (χ0v) is 11.5. The van der Waals surface area contributed by atoms with Gasteiger partial charge in [0.15, 0.2) is 0 Å². The van der Waals surface area contributed by atoms with Crippen molar-refractivity contribution in [2.75, 3.05) is 13.6 Å². The lowest BCUT2D eigenvalue weighted by atomic mass is 10.1. The third-order valence-corrected chi connectivity index (χ3v) is 3.15. The second-order valence-electron chi connectivity index (χ2n) is 5.10. The van der Waals surface area contributed by atoms with E-state index in [2.05, 4.69) is 25.8 Å². The van der Waals surface area contributed by atoms with Crippen LogP contribution in [0.15, 0.2) is 24.3 Å².